The van der Waals surface area contributed by atoms with Gasteiger partial charge in [0, 0.05) is 12.3 Å². The van der Waals surface area contributed by atoms with E-state index < -0.39 is 0 Å². The van der Waals surface area contributed by atoms with Gasteiger partial charge in [0.1, 0.15) is 5.78 Å². The molecule has 1 saturated carbocycles. The zero-order chi connectivity index (χ0) is 11.1. The van der Waals surface area contributed by atoms with E-state index in [9.17, 15) is 4.79 Å². The highest BCUT2D eigenvalue weighted by Crippen LogP contribution is 2.33. The number of ketones is 1. The molecule has 2 rings (SSSR count). The van der Waals surface area contributed by atoms with E-state index >= 15 is 0 Å². The molecule has 1 aromatic rings. The standard InChI is InChI=1S/C14H18O/c1-14(2,3)11-6-4-10(5-7-11)12-8-9-13(12)15/h4-7,12H,8-9H2,1-3H3/t12-/m0/s1. The number of rotatable bonds is 1. The van der Waals surface area contributed by atoms with Gasteiger partial charge in [-0.1, -0.05) is 45.0 Å². The second-order valence-corrected chi connectivity index (χ2v) is 5.43. The molecule has 1 aliphatic carbocycles. The van der Waals surface area contributed by atoms with Gasteiger partial charge in [0.15, 0.2) is 0 Å². The van der Waals surface area contributed by atoms with Gasteiger partial charge < -0.3 is 0 Å². The zero-order valence-corrected chi connectivity index (χ0v) is 9.71. The van der Waals surface area contributed by atoms with E-state index in [4.69, 9.17) is 0 Å². The van der Waals surface area contributed by atoms with Crippen molar-refractivity contribution in [1.29, 1.82) is 0 Å². The second kappa shape index (κ2) is 3.48. The Balaban J connectivity index is 2.21. The van der Waals surface area contributed by atoms with Gasteiger partial charge in [-0.3, -0.25) is 4.79 Å². The molecule has 0 aliphatic heterocycles. The fraction of sp³-hybridized carbons (Fsp3) is 0.500. The summed E-state index contributed by atoms with van der Waals surface area (Å²) in [5.74, 6) is 0.595. The van der Waals surface area contributed by atoms with E-state index in [0.717, 1.165) is 12.8 Å². The molecule has 80 valence electrons. The van der Waals surface area contributed by atoms with Gasteiger partial charge in [-0.25, -0.2) is 0 Å². The van der Waals surface area contributed by atoms with Crippen LogP contribution in [0.15, 0.2) is 24.3 Å². The molecule has 1 heteroatoms. The lowest BCUT2D eigenvalue weighted by Crippen LogP contribution is -2.23. The van der Waals surface area contributed by atoms with Crippen molar-refractivity contribution in [2.24, 2.45) is 0 Å². The molecule has 0 N–H and O–H groups in total. The van der Waals surface area contributed by atoms with Crippen molar-refractivity contribution in [3.05, 3.63) is 35.4 Å². The summed E-state index contributed by atoms with van der Waals surface area (Å²) in [6.45, 7) is 6.61. The summed E-state index contributed by atoms with van der Waals surface area (Å²) in [5, 5.41) is 0. The number of benzene rings is 1. The number of hydrogen-bond donors (Lipinski definition) is 0. The molecule has 0 amide bonds. The molecule has 1 aromatic carbocycles. The third-order valence-electron chi connectivity index (χ3n) is 3.25. The molecule has 15 heavy (non-hydrogen) atoms. The van der Waals surface area contributed by atoms with Crippen LogP contribution < -0.4 is 0 Å². The average molecular weight is 202 g/mol. The van der Waals surface area contributed by atoms with Crippen molar-refractivity contribution in [3.63, 3.8) is 0 Å². The summed E-state index contributed by atoms with van der Waals surface area (Å²) in [7, 11) is 0. The normalized spacial score (nSPS) is 21.3. The van der Waals surface area contributed by atoms with E-state index in [1.807, 2.05) is 0 Å². The summed E-state index contributed by atoms with van der Waals surface area (Å²) < 4.78 is 0. The quantitative estimate of drug-likeness (QED) is 0.682. The monoisotopic (exact) mass is 202 g/mol. The minimum atomic E-state index is 0.194. The summed E-state index contributed by atoms with van der Waals surface area (Å²) in [5.41, 5.74) is 2.72. The largest absolute Gasteiger partial charge is 0.299 e. The van der Waals surface area contributed by atoms with Crippen LogP contribution in [0.25, 0.3) is 0 Å². The van der Waals surface area contributed by atoms with Crippen LogP contribution in [0.4, 0.5) is 0 Å². The summed E-state index contributed by atoms with van der Waals surface area (Å²) >= 11 is 0. The molecule has 0 bridgehead atoms. The van der Waals surface area contributed by atoms with Gasteiger partial charge in [-0.05, 0) is 23.0 Å². The predicted molar refractivity (Wildman–Crippen MR) is 62.1 cm³/mol. The number of Topliss-reactive ketones (excluding diaryl/α,β-unsaturated/α-hetero) is 1. The molecule has 1 fully saturated rings. The molecular weight excluding hydrogens is 184 g/mol. The van der Waals surface area contributed by atoms with Gasteiger partial charge in [-0.15, -0.1) is 0 Å². The molecule has 1 atom stereocenters. The Bertz CT molecular complexity index is 367. The maximum absolute atomic E-state index is 11.3. The van der Waals surface area contributed by atoms with Gasteiger partial charge >= 0.3 is 0 Å². The van der Waals surface area contributed by atoms with Crippen LogP contribution in [0.1, 0.15) is 50.7 Å². The first kappa shape index (κ1) is 10.4. The lowest BCUT2D eigenvalue weighted by Gasteiger charge is -2.25. The van der Waals surface area contributed by atoms with Crippen LogP contribution in [0.5, 0.6) is 0 Å². The molecular formula is C14H18O. The van der Waals surface area contributed by atoms with Gasteiger partial charge in [0.2, 0.25) is 0 Å². The molecule has 0 unspecified atom stereocenters. The number of carbonyl (C=O) groups excluding carboxylic acids is 1. The van der Waals surface area contributed by atoms with Crippen LogP contribution in [-0.2, 0) is 10.2 Å². The van der Waals surface area contributed by atoms with E-state index in [2.05, 4.69) is 45.0 Å². The Labute approximate surface area is 91.5 Å². The van der Waals surface area contributed by atoms with Gasteiger partial charge in [-0.2, -0.15) is 0 Å². The zero-order valence-electron chi connectivity index (χ0n) is 9.71. The summed E-state index contributed by atoms with van der Waals surface area (Å²) in [6, 6.07) is 8.53. The van der Waals surface area contributed by atoms with Crippen molar-refractivity contribution in [2.45, 2.75) is 44.9 Å². The second-order valence-electron chi connectivity index (χ2n) is 5.43. The Morgan fingerprint density at radius 2 is 1.73 bits per heavy atom. The fourth-order valence-electron chi connectivity index (χ4n) is 1.97. The fourth-order valence-corrected chi connectivity index (χ4v) is 1.97. The topological polar surface area (TPSA) is 17.1 Å². The highest BCUT2D eigenvalue weighted by molar-refractivity contribution is 5.91. The Morgan fingerprint density at radius 1 is 1.13 bits per heavy atom. The van der Waals surface area contributed by atoms with Crippen LogP contribution >= 0.6 is 0 Å². The van der Waals surface area contributed by atoms with Crippen molar-refractivity contribution in [3.8, 4) is 0 Å². The first-order chi connectivity index (χ1) is 6.98. The van der Waals surface area contributed by atoms with E-state index in [-0.39, 0.29) is 11.3 Å². The van der Waals surface area contributed by atoms with E-state index in [0.29, 0.717) is 5.78 Å². The lowest BCUT2D eigenvalue weighted by molar-refractivity contribution is -0.125. The van der Waals surface area contributed by atoms with E-state index in [1.165, 1.54) is 11.1 Å². The highest BCUT2D eigenvalue weighted by atomic mass is 16.1. The Hall–Kier alpha value is -1.11. The number of carbonyl (C=O) groups is 1. The Morgan fingerprint density at radius 3 is 2.07 bits per heavy atom. The first-order valence-electron chi connectivity index (χ1n) is 5.61. The van der Waals surface area contributed by atoms with Crippen molar-refractivity contribution in [2.75, 3.05) is 0 Å². The third-order valence-corrected chi connectivity index (χ3v) is 3.25. The van der Waals surface area contributed by atoms with Gasteiger partial charge in [0.25, 0.3) is 0 Å². The maximum Gasteiger partial charge on any atom is 0.140 e. The predicted octanol–water partition coefficient (Wildman–Crippen LogP) is 3.43. The van der Waals surface area contributed by atoms with Gasteiger partial charge in [0.05, 0.1) is 0 Å². The van der Waals surface area contributed by atoms with Crippen LogP contribution in [-0.4, -0.2) is 5.78 Å². The Kier molecular flexibility index (Phi) is 2.41. The minimum absolute atomic E-state index is 0.194. The third kappa shape index (κ3) is 1.97. The van der Waals surface area contributed by atoms with E-state index in [1.54, 1.807) is 0 Å². The number of hydrogen-bond acceptors (Lipinski definition) is 1. The molecule has 0 heterocycles. The van der Waals surface area contributed by atoms with Crippen molar-refractivity contribution < 1.29 is 4.79 Å². The maximum atomic E-state index is 11.3. The minimum Gasteiger partial charge on any atom is -0.299 e. The molecule has 1 nitrogen and oxygen atoms in total. The lowest BCUT2D eigenvalue weighted by atomic mass is 9.77. The SMILES string of the molecule is CC(C)(C)c1ccc([C@@H]2CCC2=O)cc1. The highest BCUT2D eigenvalue weighted by Gasteiger charge is 2.29. The smallest absolute Gasteiger partial charge is 0.140 e. The van der Waals surface area contributed by atoms with Crippen LogP contribution in [0.3, 0.4) is 0 Å². The van der Waals surface area contributed by atoms with Crippen LogP contribution in [0, 0.1) is 0 Å². The summed E-state index contributed by atoms with van der Waals surface area (Å²) in [4.78, 5) is 11.3. The average Bonchev–Trinajstić information content (AvgIpc) is 2.15. The molecule has 0 saturated heterocycles. The molecule has 0 radical (unpaired) electrons. The van der Waals surface area contributed by atoms with Crippen molar-refractivity contribution >= 4 is 5.78 Å². The first-order valence-corrected chi connectivity index (χ1v) is 5.61. The summed E-state index contributed by atoms with van der Waals surface area (Å²) in [6.07, 6.45) is 1.80. The molecule has 0 spiro atoms. The molecule has 0 aromatic heterocycles. The molecule has 1 aliphatic rings. The van der Waals surface area contributed by atoms with Crippen LogP contribution in [0.2, 0.25) is 0 Å². The van der Waals surface area contributed by atoms with Crippen molar-refractivity contribution in [1.82, 2.24) is 0 Å².